The van der Waals surface area contributed by atoms with Crippen LogP contribution in [0.2, 0.25) is 0 Å². The van der Waals surface area contributed by atoms with E-state index in [1.165, 1.54) is 121 Å². The van der Waals surface area contributed by atoms with Crippen LogP contribution in [0.25, 0.3) is 75.4 Å². The maximum atomic E-state index is 3.97. The van der Waals surface area contributed by atoms with Crippen LogP contribution in [0.15, 0.2) is 323 Å². The minimum absolute atomic E-state index is 0.868. The van der Waals surface area contributed by atoms with Crippen LogP contribution in [0.1, 0.15) is 51.8 Å². The van der Waals surface area contributed by atoms with Crippen molar-refractivity contribution < 1.29 is 0 Å². The van der Waals surface area contributed by atoms with Crippen LogP contribution in [0, 0.1) is 0 Å². The van der Waals surface area contributed by atoms with Crippen molar-refractivity contribution in [1.82, 2.24) is 10.2 Å². The molecule has 436 valence electrons. The number of nitrogens with zero attached hydrogens (tertiary/aromatic N) is 1. The Bertz CT molecular complexity index is 4270. The van der Waals surface area contributed by atoms with Gasteiger partial charge in [-0.2, -0.15) is 0 Å². The molecule has 0 aromatic heterocycles. The SMILES string of the molecule is BrCc1cccc2ccccc12.BrCc1cccc2ccccc12.C=CCCCc1cccc2ccccc12.C=CCN(Cc1cccc2ccccc12)Cc1cccc2ccccc12.c1ccc2c(CNCc3cccc4ccccc34)cccc2c1. The highest BCUT2D eigenvalue weighted by molar-refractivity contribution is 9.08. The number of hydrogen-bond donors (Lipinski definition) is 1. The molecule has 0 atom stereocenters. The molecule has 0 aliphatic heterocycles. The third kappa shape index (κ3) is 16.7. The number of fused-ring (bicyclic) bond motifs is 7. The van der Waals surface area contributed by atoms with Crippen molar-refractivity contribution in [3.63, 3.8) is 0 Å². The molecular weight excluding hydrogens is 1200 g/mol. The van der Waals surface area contributed by atoms with Gasteiger partial charge in [0.05, 0.1) is 0 Å². The summed E-state index contributed by atoms with van der Waals surface area (Å²) in [5, 5.41) is 24.0. The smallest absolute Gasteiger partial charge is 0.0289 e. The van der Waals surface area contributed by atoms with Gasteiger partial charge in [-0.25, -0.2) is 0 Å². The minimum atomic E-state index is 0.868. The molecule has 1 N–H and O–H groups in total. The van der Waals surface area contributed by atoms with E-state index in [1.807, 2.05) is 12.2 Å². The number of aryl methyl sites for hydroxylation is 1. The van der Waals surface area contributed by atoms with Crippen LogP contribution in [0.5, 0.6) is 0 Å². The van der Waals surface area contributed by atoms with E-state index in [1.54, 1.807) is 0 Å². The summed E-state index contributed by atoms with van der Waals surface area (Å²) in [6.07, 6.45) is 7.43. The van der Waals surface area contributed by atoms with Crippen molar-refractivity contribution in [3.8, 4) is 0 Å². The predicted molar refractivity (Wildman–Crippen MR) is 391 cm³/mol. The molecule has 0 heterocycles. The Morgan fingerprint density at radius 1 is 0.284 bits per heavy atom. The first-order valence-electron chi connectivity index (χ1n) is 30.5. The molecule has 0 spiro atoms. The molecule has 0 fully saturated rings. The van der Waals surface area contributed by atoms with E-state index in [0.29, 0.717) is 0 Å². The number of nitrogens with one attached hydrogen (secondary N) is 1. The van der Waals surface area contributed by atoms with Crippen molar-refractivity contribution in [2.45, 2.75) is 56.1 Å². The van der Waals surface area contributed by atoms with Crippen LogP contribution < -0.4 is 5.32 Å². The summed E-state index contributed by atoms with van der Waals surface area (Å²) in [6.45, 7) is 12.2. The van der Waals surface area contributed by atoms with Gasteiger partial charge in [0.1, 0.15) is 0 Å². The summed E-state index contributed by atoms with van der Waals surface area (Å²) in [5.41, 5.74) is 9.60. The van der Waals surface area contributed by atoms with Crippen molar-refractivity contribution in [1.29, 1.82) is 0 Å². The zero-order valence-corrected chi connectivity index (χ0v) is 53.3. The van der Waals surface area contributed by atoms with Gasteiger partial charge in [0, 0.05) is 43.4 Å². The Morgan fingerprint density at radius 3 is 0.841 bits per heavy atom. The van der Waals surface area contributed by atoms with Gasteiger partial charge in [-0.1, -0.05) is 341 Å². The van der Waals surface area contributed by atoms with Crippen molar-refractivity contribution >= 4 is 107 Å². The molecule has 0 radical (unpaired) electrons. The number of rotatable bonds is 16. The molecule has 14 aromatic rings. The lowest BCUT2D eigenvalue weighted by molar-refractivity contribution is 0.288. The third-order valence-electron chi connectivity index (χ3n) is 16.1. The third-order valence-corrected chi connectivity index (χ3v) is 17.3. The number of benzene rings is 14. The van der Waals surface area contributed by atoms with E-state index >= 15 is 0 Å². The fourth-order valence-corrected chi connectivity index (χ4v) is 12.7. The van der Waals surface area contributed by atoms with Gasteiger partial charge < -0.3 is 5.32 Å². The number of alkyl halides is 2. The van der Waals surface area contributed by atoms with E-state index in [0.717, 1.165) is 56.2 Å². The highest BCUT2D eigenvalue weighted by Gasteiger charge is 2.11. The zero-order chi connectivity index (χ0) is 60.5. The topological polar surface area (TPSA) is 15.3 Å². The average molecular weight is 1270 g/mol. The van der Waals surface area contributed by atoms with Crippen LogP contribution >= 0.6 is 31.9 Å². The van der Waals surface area contributed by atoms with Gasteiger partial charge in [0.15, 0.2) is 0 Å². The maximum Gasteiger partial charge on any atom is 0.0289 e. The van der Waals surface area contributed by atoms with Crippen molar-refractivity contribution in [2.75, 3.05) is 6.54 Å². The lowest BCUT2D eigenvalue weighted by Crippen LogP contribution is -2.23. The molecule has 88 heavy (non-hydrogen) atoms. The molecule has 0 saturated heterocycles. The second kappa shape index (κ2) is 32.8. The fraction of sp³-hybridized carbons (Fsp3) is 0.119. The van der Waals surface area contributed by atoms with Crippen LogP contribution in [-0.4, -0.2) is 11.4 Å². The van der Waals surface area contributed by atoms with E-state index in [2.05, 4.69) is 352 Å². The first kappa shape index (κ1) is 62.3. The summed E-state index contributed by atoms with van der Waals surface area (Å²) in [4.78, 5) is 2.45. The first-order chi connectivity index (χ1) is 43.5. The quantitative estimate of drug-likeness (QED) is 0.0589. The number of allylic oxidation sites excluding steroid dienone is 1. The van der Waals surface area contributed by atoms with Gasteiger partial charge >= 0.3 is 0 Å². The largest absolute Gasteiger partial charge is 0.309 e. The Kier molecular flexibility index (Phi) is 23.3. The van der Waals surface area contributed by atoms with Gasteiger partial charge in [0.2, 0.25) is 0 Å². The molecule has 0 unspecified atom stereocenters. The molecular formula is C84H76Br2N2. The standard InChI is InChI=1S/C25H23N.C22H19N.C15H16.2C11H9Br/c1-2-17-26(18-22-13-7-11-20-9-3-5-15-24(20)22)19-23-14-8-12-21-10-4-6-16-25(21)23;1-3-13-21-17(7-1)9-5-11-19(21)15-23-16-20-12-6-10-18-8-2-4-14-22(18)20;1-2-3-4-8-13-10-7-11-14-9-5-6-12-15(13)14;2*12-8-10-6-3-5-9-4-1-2-7-11(9)10/h2-16H,1,17-19H2;1-14,23H,15-16H2;2,5-7,9-12H,1,3-4,8H2;2*1-7H,8H2. The van der Waals surface area contributed by atoms with Crippen LogP contribution in [0.3, 0.4) is 0 Å². The summed E-state index contributed by atoms with van der Waals surface area (Å²) in [7, 11) is 0. The Balaban J connectivity index is 0.000000126. The van der Waals surface area contributed by atoms with Crippen molar-refractivity contribution in [3.05, 3.63) is 362 Å². The van der Waals surface area contributed by atoms with Gasteiger partial charge in [0.25, 0.3) is 0 Å². The molecule has 0 aliphatic rings. The van der Waals surface area contributed by atoms with E-state index < -0.39 is 0 Å². The molecule has 14 aromatic carbocycles. The highest BCUT2D eigenvalue weighted by atomic mass is 79.9. The molecule has 14 rings (SSSR count). The Hall–Kier alpha value is -8.74. The lowest BCUT2D eigenvalue weighted by Gasteiger charge is -2.22. The molecule has 0 aliphatic carbocycles. The van der Waals surface area contributed by atoms with Crippen LogP contribution in [0.4, 0.5) is 0 Å². The van der Waals surface area contributed by atoms with E-state index in [4.69, 9.17) is 0 Å². The summed E-state index contributed by atoms with van der Waals surface area (Å²) >= 11 is 6.96. The van der Waals surface area contributed by atoms with Gasteiger partial charge in [-0.05, 0) is 134 Å². The second-order valence-corrected chi connectivity index (χ2v) is 23.1. The molecule has 0 saturated carbocycles. The van der Waals surface area contributed by atoms with Crippen LogP contribution in [-0.2, 0) is 43.3 Å². The van der Waals surface area contributed by atoms with Gasteiger partial charge in [-0.15, -0.1) is 13.2 Å². The number of halogens is 2. The number of hydrogen-bond acceptors (Lipinski definition) is 2. The summed E-state index contributed by atoms with van der Waals surface area (Å²) < 4.78 is 0. The average Bonchev–Trinajstić information content (AvgIpc) is 3.44. The first-order valence-corrected chi connectivity index (χ1v) is 32.8. The Labute approximate surface area is 537 Å². The van der Waals surface area contributed by atoms with E-state index in [9.17, 15) is 0 Å². The normalized spacial score (nSPS) is 10.9. The predicted octanol–water partition coefficient (Wildman–Crippen LogP) is 23.3. The van der Waals surface area contributed by atoms with Crippen molar-refractivity contribution in [2.24, 2.45) is 0 Å². The lowest BCUT2D eigenvalue weighted by atomic mass is 10.0. The van der Waals surface area contributed by atoms with Gasteiger partial charge in [-0.3, -0.25) is 4.90 Å². The number of unbranched alkanes of at least 4 members (excludes halogenated alkanes) is 1. The highest BCUT2D eigenvalue weighted by Crippen LogP contribution is 2.27. The summed E-state index contributed by atoms with van der Waals surface area (Å²) in [6, 6.07) is 105. The maximum absolute atomic E-state index is 3.97. The summed E-state index contributed by atoms with van der Waals surface area (Å²) in [5.74, 6) is 0. The molecule has 0 amide bonds. The molecule has 2 nitrogen and oxygen atoms in total. The second-order valence-electron chi connectivity index (χ2n) is 22.0. The molecule has 0 bridgehead atoms. The zero-order valence-electron chi connectivity index (χ0n) is 50.1. The van der Waals surface area contributed by atoms with E-state index in [-0.39, 0.29) is 0 Å². The fourth-order valence-electron chi connectivity index (χ4n) is 11.7. The molecule has 4 heteroatoms. The monoisotopic (exact) mass is 1270 g/mol. The minimum Gasteiger partial charge on any atom is -0.309 e. The Morgan fingerprint density at radius 2 is 0.534 bits per heavy atom.